The Morgan fingerprint density at radius 2 is 1.76 bits per heavy atom. The first-order valence-corrected chi connectivity index (χ1v) is 13.5. The van der Waals surface area contributed by atoms with Crippen molar-refractivity contribution in [2.45, 2.75) is 56.5 Å². The molecule has 1 aliphatic carbocycles. The van der Waals surface area contributed by atoms with Crippen LogP contribution in [0.25, 0.3) is 0 Å². The summed E-state index contributed by atoms with van der Waals surface area (Å²) in [7, 11) is 0. The summed E-state index contributed by atoms with van der Waals surface area (Å²) < 4.78 is 5.06. The number of nitriles is 1. The zero-order valence-corrected chi connectivity index (χ0v) is 22.6. The first kappa shape index (κ1) is 27.8. The van der Waals surface area contributed by atoms with Gasteiger partial charge in [-0.2, -0.15) is 10.2 Å². The molecule has 2 aliphatic rings. The van der Waals surface area contributed by atoms with Crippen molar-refractivity contribution in [3.8, 4) is 6.07 Å². The van der Waals surface area contributed by atoms with Crippen LogP contribution < -0.4 is 22.5 Å². The van der Waals surface area contributed by atoms with Crippen LogP contribution in [-0.2, 0) is 23.1 Å². The molecule has 5 rings (SSSR count). The fourth-order valence-corrected chi connectivity index (χ4v) is 6.23. The lowest BCUT2D eigenvalue weighted by Gasteiger charge is -2.37. The average Bonchev–Trinajstić information content (AvgIpc) is 3.60. The summed E-state index contributed by atoms with van der Waals surface area (Å²) in [5, 5.41) is 15.4. The number of aromatic amines is 1. The lowest BCUT2D eigenvalue weighted by atomic mass is 9.67. The summed E-state index contributed by atoms with van der Waals surface area (Å²) in [5.41, 5.74) is 14.0. The number of amides is 3. The molecular weight excluding hydrogens is 526 g/mol. The van der Waals surface area contributed by atoms with Crippen LogP contribution in [0.15, 0.2) is 45.7 Å². The van der Waals surface area contributed by atoms with Crippen LogP contribution in [0.4, 0.5) is 0 Å². The van der Waals surface area contributed by atoms with Crippen LogP contribution in [0.3, 0.4) is 0 Å². The molecule has 12 nitrogen and oxygen atoms in total. The number of carbonyl (C=O) groups is 3. The summed E-state index contributed by atoms with van der Waals surface area (Å²) in [6, 6.07) is 11.8. The molecule has 3 amide bonds. The van der Waals surface area contributed by atoms with E-state index in [1.165, 1.54) is 0 Å². The van der Waals surface area contributed by atoms with Gasteiger partial charge in [0.15, 0.2) is 5.82 Å². The number of rotatable bonds is 8. The Balaban J connectivity index is 1.61. The predicted octanol–water partition coefficient (Wildman–Crippen LogP) is 0.876. The molecule has 1 saturated heterocycles. The quantitative estimate of drug-likeness (QED) is 0.312. The number of primary amides is 2. The Hall–Kier alpha value is -4.76. The first-order valence-electron chi connectivity index (χ1n) is 13.5. The van der Waals surface area contributed by atoms with Crippen molar-refractivity contribution in [1.82, 2.24) is 20.4 Å². The van der Waals surface area contributed by atoms with E-state index in [1.54, 1.807) is 41.3 Å². The van der Waals surface area contributed by atoms with E-state index in [2.05, 4.69) is 21.5 Å². The molecule has 0 spiro atoms. The molecule has 2 heterocycles. The Morgan fingerprint density at radius 3 is 2.27 bits per heavy atom. The number of benzene rings is 2. The molecule has 3 aromatic rings. The standard InChI is InChI=1S/C29H31N7O5/c1-16(33-15-24(37)36-10-2-3-21(36)14-30)13-29(27-34-28(40)41-35-27)22-8-6-19(25(31)38)11-17(22)4-5-18-12-20(26(32)39)7-9-23(18)29/h6-9,11-12,16,21,33H,2-5,10,13,15H2,1H3,(H2,31,38)(H2,32,39)(H,34,35,40)/t16-,21+/m1/s1. The number of nitrogens with two attached hydrogens (primary N) is 2. The van der Waals surface area contributed by atoms with Crippen LogP contribution in [0.2, 0.25) is 0 Å². The van der Waals surface area contributed by atoms with Gasteiger partial charge >= 0.3 is 5.76 Å². The Labute approximate surface area is 235 Å². The van der Waals surface area contributed by atoms with Crippen molar-refractivity contribution < 1.29 is 18.9 Å². The number of H-pyrrole nitrogens is 1. The van der Waals surface area contributed by atoms with Gasteiger partial charge < -0.3 is 26.2 Å². The SMILES string of the molecule is C[C@H](CC1(c2nc(=O)o[nH]2)c2ccc(C(N)=O)cc2CCc2cc(C(N)=O)ccc21)NCC(=O)N1CCC[C@H]1C#N. The minimum Gasteiger partial charge on any atom is -0.366 e. The topological polar surface area (TPSA) is 201 Å². The lowest BCUT2D eigenvalue weighted by Crippen LogP contribution is -2.45. The highest BCUT2D eigenvalue weighted by molar-refractivity contribution is 5.94. The molecule has 41 heavy (non-hydrogen) atoms. The fraction of sp³-hybridized carbons (Fsp3) is 0.379. The van der Waals surface area contributed by atoms with Crippen molar-refractivity contribution in [3.63, 3.8) is 0 Å². The summed E-state index contributed by atoms with van der Waals surface area (Å²) in [6.07, 6.45) is 2.79. The maximum Gasteiger partial charge on any atom is 0.459 e. The minimum atomic E-state index is -1.10. The Morgan fingerprint density at radius 1 is 1.15 bits per heavy atom. The molecule has 212 valence electrons. The number of fused-ring (bicyclic) bond motifs is 2. The molecule has 2 atom stereocenters. The third-order valence-corrected chi connectivity index (χ3v) is 8.14. The zero-order chi connectivity index (χ0) is 29.3. The zero-order valence-electron chi connectivity index (χ0n) is 22.6. The minimum absolute atomic E-state index is 0.0195. The summed E-state index contributed by atoms with van der Waals surface area (Å²) in [6.45, 7) is 2.48. The van der Waals surface area contributed by atoms with E-state index in [-0.39, 0.29) is 24.3 Å². The van der Waals surface area contributed by atoms with Crippen molar-refractivity contribution in [2.75, 3.05) is 13.1 Å². The van der Waals surface area contributed by atoms with Crippen LogP contribution in [0, 0.1) is 11.3 Å². The van der Waals surface area contributed by atoms with Gasteiger partial charge in [-0.25, -0.2) is 9.95 Å². The van der Waals surface area contributed by atoms with Gasteiger partial charge in [-0.15, -0.1) is 0 Å². The monoisotopic (exact) mass is 557 g/mol. The highest BCUT2D eigenvalue weighted by atomic mass is 16.5. The molecule has 1 fully saturated rings. The lowest BCUT2D eigenvalue weighted by molar-refractivity contribution is -0.130. The van der Waals surface area contributed by atoms with Gasteiger partial charge in [0.05, 0.1) is 18.0 Å². The second kappa shape index (κ2) is 11.0. The number of hydrogen-bond donors (Lipinski definition) is 4. The predicted molar refractivity (Wildman–Crippen MR) is 147 cm³/mol. The largest absolute Gasteiger partial charge is 0.459 e. The Kier molecular flexibility index (Phi) is 7.47. The van der Waals surface area contributed by atoms with E-state index in [9.17, 15) is 24.4 Å². The van der Waals surface area contributed by atoms with Crippen molar-refractivity contribution >= 4 is 17.7 Å². The summed E-state index contributed by atoms with van der Waals surface area (Å²) >= 11 is 0. The molecule has 6 N–H and O–H groups in total. The number of nitrogens with zero attached hydrogens (tertiary/aromatic N) is 3. The normalized spacial score (nSPS) is 18.0. The van der Waals surface area contributed by atoms with E-state index >= 15 is 0 Å². The van der Waals surface area contributed by atoms with Gasteiger partial charge in [0.25, 0.3) is 0 Å². The van der Waals surface area contributed by atoms with Gasteiger partial charge in [0.1, 0.15) is 6.04 Å². The molecular formula is C29H31N7O5. The molecule has 1 aromatic heterocycles. The van der Waals surface area contributed by atoms with Gasteiger partial charge in [0, 0.05) is 23.7 Å². The highest BCUT2D eigenvalue weighted by Crippen LogP contribution is 2.47. The average molecular weight is 558 g/mol. The summed E-state index contributed by atoms with van der Waals surface area (Å²) in [4.78, 5) is 55.1. The molecule has 0 bridgehead atoms. The third-order valence-electron chi connectivity index (χ3n) is 8.14. The second-order valence-corrected chi connectivity index (χ2v) is 10.7. The number of nitrogens with one attached hydrogen (secondary N) is 2. The third kappa shape index (κ3) is 5.12. The molecule has 12 heteroatoms. The van der Waals surface area contributed by atoms with E-state index in [4.69, 9.17) is 16.0 Å². The molecule has 0 unspecified atom stereocenters. The first-order chi connectivity index (χ1) is 19.6. The Bertz CT molecular complexity index is 1550. The van der Waals surface area contributed by atoms with Crippen LogP contribution >= 0.6 is 0 Å². The van der Waals surface area contributed by atoms with Crippen molar-refractivity contribution in [2.24, 2.45) is 11.5 Å². The van der Waals surface area contributed by atoms with Crippen molar-refractivity contribution in [3.05, 3.63) is 86.2 Å². The highest BCUT2D eigenvalue weighted by Gasteiger charge is 2.45. The van der Waals surface area contributed by atoms with E-state index in [0.29, 0.717) is 43.4 Å². The summed E-state index contributed by atoms with van der Waals surface area (Å²) in [5.74, 6) is -1.87. The van der Waals surface area contributed by atoms with Crippen molar-refractivity contribution in [1.29, 1.82) is 5.26 Å². The number of aryl methyl sites for hydroxylation is 2. The number of carbonyl (C=O) groups excluding carboxylic acids is 3. The number of likely N-dealkylation sites (tertiary alicyclic amines) is 1. The number of aromatic nitrogens is 2. The fourth-order valence-electron chi connectivity index (χ4n) is 6.23. The number of hydrogen-bond acceptors (Lipinski definition) is 8. The molecule has 1 aliphatic heterocycles. The van der Waals surface area contributed by atoms with Gasteiger partial charge in [-0.3, -0.25) is 14.4 Å². The van der Waals surface area contributed by atoms with Crippen LogP contribution in [0.5, 0.6) is 0 Å². The van der Waals surface area contributed by atoms with E-state index < -0.39 is 29.0 Å². The van der Waals surface area contributed by atoms with Gasteiger partial charge in [-0.05, 0) is 85.5 Å². The molecule has 0 saturated carbocycles. The smallest absolute Gasteiger partial charge is 0.366 e. The van der Waals surface area contributed by atoms with E-state index in [0.717, 1.165) is 28.7 Å². The molecule has 2 aromatic carbocycles. The second-order valence-electron chi connectivity index (χ2n) is 10.7. The molecule has 0 radical (unpaired) electrons. The van der Waals surface area contributed by atoms with E-state index in [1.807, 2.05) is 6.92 Å². The van der Waals surface area contributed by atoms with Gasteiger partial charge in [-0.1, -0.05) is 12.1 Å². The maximum atomic E-state index is 13.0. The van der Waals surface area contributed by atoms with Gasteiger partial charge in [0.2, 0.25) is 17.7 Å². The van der Waals surface area contributed by atoms with Crippen LogP contribution in [0.1, 0.15) is 75.0 Å². The maximum absolute atomic E-state index is 13.0. The van der Waals surface area contributed by atoms with Crippen LogP contribution in [-0.4, -0.2) is 57.9 Å².